The highest BCUT2D eigenvalue weighted by Gasteiger charge is 2.12. The number of likely N-dealkylation sites (N-methyl/N-ethyl adjacent to an activating group) is 1. The van der Waals surface area contributed by atoms with Crippen molar-refractivity contribution in [2.75, 3.05) is 34.5 Å². The molecule has 0 aromatic heterocycles. The van der Waals surface area contributed by atoms with Gasteiger partial charge in [0.1, 0.15) is 17.2 Å². The normalized spacial score (nSPS) is 10.5. The number of amides is 1. The van der Waals surface area contributed by atoms with Crippen LogP contribution in [0.1, 0.15) is 18.1 Å². The molecule has 0 saturated carbocycles. The van der Waals surface area contributed by atoms with Crippen LogP contribution < -0.4 is 14.2 Å². The summed E-state index contributed by atoms with van der Waals surface area (Å²) in [5.41, 5.74) is 1.64. The fourth-order valence-corrected chi connectivity index (χ4v) is 2.62. The van der Waals surface area contributed by atoms with Crippen molar-refractivity contribution in [1.82, 2.24) is 4.90 Å². The zero-order chi connectivity index (χ0) is 21.9. The molecule has 7 heteroatoms. The molecule has 0 bridgehead atoms. The van der Waals surface area contributed by atoms with Gasteiger partial charge in [-0.25, -0.2) is 4.79 Å². The monoisotopic (exact) mass is 413 g/mol. The van der Waals surface area contributed by atoms with Crippen LogP contribution >= 0.6 is 0 Å². The molecular formula is C23H27NO6. The molecule has 7 nitrogen and oxygen atoms in total. The van der Waals surface area contributed by atoms with Gasteiger partial charge in [0.15, 0.2) is 6.61 Å². The maximum absolute atomic E-state index is 12.2. The van der Waals surface area contributed by atoms with Gasteiger partial charge in [-0.05, 0) is 42.8 Å². The minimum atomic E-state index is -0.615. The van der Waals surface area contributed by atoms with Crippen LogP contribution in [-0.2, 0) is 20.9 Å². The Morgan fingerprint density at radius 3 is 2.33 bits per heavy atom. The second-order valence-corrected chi connectivity index (χ2v) is 6.38. The van der Waals surface area contributed by atoms with Gasteiger partial charge in [-0.15, -0.1) is 0 Å². The second-order valence-electron chi connectivity index (χ2n) is 6.38. The highest BCUT2D eigenvalue weighted by molar-refractivity contribution is 5.89. The number of carbonyl (C=O) groups excluding carboxylic acids is 2. The van der Waals surface area contributed by atoms with Crippen LogP contribution in [0.15, 0.2) is 48.5 Å². The first-order valence-corrected chi connectivity index (χ1v) is 9.49. The Labute approximate surface area is 176 Å². The van der Waals surface area contributed by atoms with Gasteiger partial charge in [0.25, 0.3) is 5.91 Å². The minimum Gasteiger partial charge on any atom is -0.497 e. The Hall–Kier alpha value is -3.48. The number of hydrogen-bond donors (Lipinski definition) is 0. The molecule has 30 heavy (non-hydrogen) atoms. The third-order valence-corrected chi connectivity index (χ3v) is 4.26. The number of ether oxygens (including phenoxy) is 4. The molecule has 0 radical (unpaired) electrons. The SMILES string of the molecule is CCOc1ccc(CN(C)C(=O)COC(=O)/C=C/c2ccc(OC)cc2OC)cc1. The molecule has 0 atom stereocenters. The molecule has 0 fully saturated rings. The van der Waals surface area contributed by atoms with E-state index in [2.05, 4.69) is 0 Å². The molecule has 0 N–H and O–H groups in total. The lowest BCUT2D eigenvalue weighted by molar-refractivity contribution is -0.147. The van der Waals surface area contributed by atoms with Crippen molar-refractivity contribution in [3.63, 3.8) is 0 Å². The lowest BCUT2D eigenvalue weighted by Crippen LogP contribution is -2.30. The Balaban J connectivity index is 1.84. The third kappa shape index (κ3) is 6.84. The quantitative estimate of drug-likeness (QED) is 0.439. The second kappa shape index (κ2) is 11.5. The standard InChI is InChI=1S/C23H27NO6/c1-5-29-19-10-6-17(7-11-19)15-24(2)22(25)16-30-23(26)13-9-18-8-12-20(27-3)14-21(18)28-4/h6-14H,5,15-16H2,1-4H3/b13-9+. The summed E-state index contributed by atoms with van der Waals surface area (Å²) >= 11 is 0. The number of methoxy groups -OCH3 is 2. The molecule has 2 aromatic carbocycles. The Bertz CT molecular complexity index is 876. The minimum absolute atomic E-state index is 0.298. The third-order valence-electron chi connectivity index (χ3n) is 4.26. The van der Waals surface area contributed by atoms with E-state index in [9.17, 15) is 9.59 Å². The van der Waals surface area contributed by atoms with E-state index in [4.69, 9.17) is 18.9 Å². The molecule has 0 aliphatic rings. The molecular weight excluding hydrogens is 386 g/mol. The average Bonchev–Trinajstić information content (AvgIpc) is 2.77. The molecule has 0 aliphatic heterocycles. The number of esters is 1. The first kappa shape index (κ1) is 22.8. The van der Waals surface area contributed by atoms with Crippen LogP contribution in [0.5, 0.6) is 17.2 Å². The van der Waals surface area contributed by atoms with Crippen LogP contribution in [-0.4, -0.2) is 51.3 Å². The summed E-state index contributed by atoms with van der Waals surface area (Å²) < 4.78 is 20.9. The lowest BCUT2D eigenvalue weighted by Gasteiger charge is -2.17. The van der Waals surface area contributed by atoms with Gasteiger partial charge in [-0.2, -0.15) is 0 Å². The maximum atomic E-state index is 12.2. The van der Waals surface area contributed by atoms with Gasteiger partial charge in [0.05, 0.1) is 20.8 Å². The van der Waals surface area contributed by atoms with Crippen molar-refractivity contribution in [1.29, 1.82) is 0 Å². The van der Waals surface area contributed by atoms with Crippen molar-refractivity contribution in [2.45, 2.75) is 13.5 Å². The van der Waals surface area contributed by atoms with Crippen molar-refractivity contribution >= 4 is 18.0 Å². The predicted molar refractivity (Wildman–Crippen MR) is 114 cm³/mol. The van der Waals surface area contributed by atoms with E-state index in [1.54, 1.807) is 38.4 Å². The van der Waals surface area contributed by atoms with Crippen LogP contribution in [0, 0.1) is 0 Å². The molecule has 160 valence electrons. The van der Waals surface area contributed by atoms with Gasteiger partial charge in [-0.3, -0.25) is 4.79 Å². The number of carbonyl (C=O) groups is 2. The van der Waals surface area contributed by atoms with E-state index in [0.29, 0.717) is 30.2 Å². The van der Waals surface area contributed by atoms with E-state index in [0.717, 1.165) is 11.3 Å². The van der Waals surface area contributed by atoms with Gasteiger partial charge < -0.3 is 23.8 Å². The number of hydrogen-bond acceptors (Lipinski definition) is 6. The molecule has 0 saturated heterocycles. The Morgan fingerprint density at radius 1 is 1.00 bits per heavy atom. The van der Waals surface area contributed by atoms with Gasteiger partial charge in [0.2, 0.25) is 0 Å². The Morgan fingerprint density at radius 2 is 1.70 bits per heavy atom. The molecule has 0 aliphatic carbocycles. The van der Waals surface area contributed by atoms with Crippen molar-refractivity contribution in [3.05, 3.63) is 59.7 Å². The zero-order valence-electron chi connectivity index (χ0n) is 17.7. The Kier molecular flexibility index (Phi) is 8.75. The van der Waals surface area contributed by atoms with E-state index < -0.39 is 5.97 Å². The van der Waals surface area contributed by atoms with Crippen molar-refractivity contribution < 1.29 is 28.5 Å². The van der Waals surface area contributed by atoms with Crippen LogP contribution in [0.3, 0.4) is 0 Å². The topological polar surface area (TPSA) is 74.3 Å². The van der Waals surface area contributed by atoms with Gasteiger partial charge >= 0.3 is 5.97 Å². The summed E-state index contributed by atoms with van der Waals surface area (Å²) in [5, 5.41) is 0. The fourth-order valence-electron chi connectivity index (χ4n) is 2.62. The van der Waals surface area contributed by atoms with Gasteiger partial charge in [0, 0.05) is 31.3 Å². The highest BCUT2D eigenvalue weighted by atomic mass is 16.5. The summed E-state index contributed by atoms with van der Waals surface area (Å²) in [6, 6.07) is 12.7. The number of benzene rings is 2. The first-order valence-electron chi connectivity index (χ1n) is 9.49. The molecule has 2 rings (SSSR count). The lowest BCUT2D eigenvalue weighted by atomic mass is 10.2. The van der Waals surface area contributed by atoms with Crippen LogP contribution in [0.25, 0.3) is 6.08 Å². The molecule has 0 heterocycles. The van der Waals surface area contributed by atoms with E-state index >= 15 is 0 Å². The summed E-state index contributed by atoms with van der Waals surface area (Å²) in [7, 11) is 4.75. The molecule has 2 aromatic rings. The smallest absolute Gasteiger partial charge is 0.331 e. The van der Waals surface area contributed by atoms with Crippen LogP contribution in [0.2, 0.25) is 0 Å². The highest BCUT2D eigenvalue weighted by Crippen LogP contribution is 2.25. The number of nitrogens with zero attached hydrogens (tertiary/aromatic N) is 1. The van der Waals surface area contributed by atoms with E-state index in [1.165, 1.54) is 18.1 Å². The van der Waals surface area contributed by atoms with Crippen molar-refractivity contribution in [3.8, 4) is 17.2 Å². The summed E-state index contributed by atoms with van der Waals surface area (Å²) in [6.45, 7) is 2.59. The number of rotatable bonds is 10. The molecule has 0 unspecified atom stereocenters. The fraction of sp³-hybridized carbons (Fsp3) is 0.304. The first-order chi connectivity index (χ1) is 14.5. The van der Waals surface area contributed by atoms with Gasteiger partial charge in [-0.1, -0.05) is 12.1 Å². The molecule has 1 amide bonds. The van der Waals surface area contributed by atoms with Crippen LogP contribution in [0.4, 0.5) is 0 Å². The predicted octanol–water partition coefficient (Wildman–Crippen LogP) is 3.32. The van der Waals surface area contributed by atoms with E-state index in [-0.39, 0.29) is 12.5 Å². The summed E-state index contributed by atoms with van der Waals surface area (Å²) in [4.78, 5) is 25.7. The van der Waals surface area contributed by atoms with E-state index in [1.807, 2.05) is 31.2 Å². The average molecular weight is 413 g/mol. The maximum Gasteiger partial charge on any atom is 0.331 e. The van der Waals surface area contributed by atoms with Crippen molar-refractivity contribution in [2.24, 2.45) is 0 Å². The zero-order valence-corrected chi connectivity index (χ0v) is 17.7. The molecule has 0 spiro atoms. The largest absolute Gasteiger partial charge is 0.497 e. The summed E-state index contributed by atoms with van der Waals surface area (Å²) in [5.74, 6) is 1.07. The summed E-state index contributed by atoms with van der Waals surface area (Å²) in [6.07, 6.45) is 2.82.